The molecule has 0 radical (unpaired) electrons. The first-order valence-corrected chi connectivity index (χ1v) is 22.4. The third kappa shape index (κ3) is 5.67. The summed E-state index contributed by atoms with van der Waals surface area (Å²) >= 11 is 0. The number of para-hydroxylation sites is 1. The van der Waals surface area contributed by atoms with E-state index in [1.54, 1.807) is 0 Å². The summed E-state index contributed by atoms with van der Waals surface area (Å²) in [6, 6.07) is 49.1. The third-order valence-electron chi connectivity index (χ3n) is 14.1. The molecule has 300 valence electrons. The Hall–Kier alpha value is -7.56. The molecule has 4 nitrogen and oxygen atoms in total. The molecule has 0 fully saturated rings. The van der Waals surface area contributed by atoms with Crippen LogP contribution in [0.1, 0.15) is 53.3 Å². The molecule has 1 unspecified atom stereocenters. The molecule has 10 aromatic rings. The largest absolute Gasteiger partial charge is 0.333 e. The molecule has 0 N–H and O–H groups in total. The summed E-state index contributed by atoms with van der Waals surface area (Å²) in [5.41, 5.74) is 19.0. The highest BCUT2D eigenvalue weighted by Gasteiger charge is 2.29. The molecule has 0 spiro atoms. The molecule has 0 saturated carbocycles. The van der Waals surface area contributed by atoms with Crippen molar-refractivity contribution in [3.05, 3.63) is 210 Å². The van der Waals surface area contributed by atoms with Crippen LogP contribution in [0.2, 0.25) is 0 Å². The summed E-state index contributed by atoms with van der Waals surface area (Å²) in [6.07, 6.45) is 21.2. The van der Waals surface area contributed by atoms with Crippen molar-refractivity contribution >= 4 is 65.9 Å². The summed E-state index contributed by atoms with van der Waals surface area (Å²) in [4.78, 5) is 9.93. The molecule has 2 bridgehead atoms. The maximum absolute atomic E-state index is 4.97. The average Bonchev–Trinajstić information content (AvgIpc) is 3.85. The van der Waals surface area contributed by atoms with Gasteiger partial charge in [-0.2, -0.15) is 0 Å². The molecule has 63 heavy (non-hydrogen) atoms. The lowest BCUT2D eigenvalue weighted by Gasteiger charge is -2.27. The number of pyridine rings is 2. The van der Waals surface area contributed by atoms with Crippen LogP contribution >= 0.6 is 0 Å². The van der Waals surface area contributed by atoms with Crippen LogP contribution in [0.25, 0.3) is 94.1 Å². The molecule has 0 aliphatic heterocycles. The highest BCUT2D eigenvalue weighted by atomic mass is 15.0. The van der Waals surface area contributed by atoms with Gasteiger partial charge in [0.05, 0.1) is 34.2 Å². The van der Waals surface area contributed by atoms with E-state index in [1.165, 1.54) is 99.0 Å². The van der Waals surface area contributed by atoms with Crippen molar-refractivity contribution in [3.63, 3.8) is 0 Å². The van der Waals surface area contributed by atoms with E-state index in [1.807, 2.05) is 12.4 Å². The number of hydrogen-bond donors (Lipinski definition) is 0. The van der Waals surface area contributed by atoms with Crippen LogP contribution in [0, 0.1) is 0 Å². The zero-order valence-corrected chi connectivity index (χ0v) is 35.1. The summed E-state index contributed by atoms with van der Waals surface area (Å²) < 4.78 is 5.13. The minimum absolute atomic E-state index is 0.209. The number of rotatable bonds is 4. The highest BCUT2D eigenvalue weighted by molar-refractivity contribution is 6.13. The smallest absolute Gasteiger partial charge is 0.0780 e. The Morgan fingerprint density at radius 1 is 0.571 bits per heavy atom. The van der Waals surface area contributed by atoms with Crippen molar-refractivity contribution in [1.29, 1.82) is 0 Å². The van der Waals surface area contributed by atoms with E-state index < -0.39 is 0 Å². The second-order valence-corrected chi connectivity index (χ2v) is 17.6. The molecule has 3 aliphatic rings. The van der Waals surface area contributed by atoms with E-state index >= 15 is 0 Å². The van der Waals surface area contributed by atoms with Crippen molar-refractivity contribution in [1.82, 2.24) is 19.1 Å². The molecule has 0 saturated heterocycles. The quantitative estimate of drug-likeness (QED) is 0.178. The van der Waals surface area contributed by atoms with Gasteiger partial charge in [-0.15, -0.1) is 0 Å². The Balaban J connectivity index is 1.03. The SMILES string of the molecule is C=C1CCc2cc3c4cc(-c5nccc6ccccc56)ccc4n(-c4ccccc4)c3c3c2CC(=Cc2c1n(C1C=CC=CC1)c1ccc(-c4nccc5ccccc45)cc21)CC3. The first kappa shape index (κ1) is 36.1. The molecular formula is C59H44N4. The normalized spacial score (nSPS) is 16.0. The second kappa shape index (κ2) is 14.3. The Morgan fingerprint density at radius 3 is 2.00 bits per heavy atom. The molecule has 13 rings (SSSR count). The number of aryl methyl sites for hydroxylation is 2. The molecule has 4 heterocycles. The standard InChI is InChI=1S/C59H44N4/c1-37-20-22-41-34-53-51-36-43(57-47-19-11-9-13-40(47)29-31-61-57)24-27-55(51)63(45-16-6-3-7-17-45)59(53)48-25-21-38(32-49(41)48)33-52-50-35-42(56-46-18-10-8-12-39(46)28-30-60-56)23-26-54(50)62(58(37)52)44-14-4-2-5-15-44/h2-14,16-19,23-24,26-31,33-36,44H,1,15,20-22,25,32H2. The van der Waals surface area contributed by atoms with Crippen LogP contribution in [-0.4, -0.2) is 19.1 Å². The predicted molar refractivity (Wildman–Crippen MR) is 263 cm³/mol. The van der Waals surface area contributed by atoms with Gasteiger partial charge in [-0.25, -0.2) is 0 Å². The van der Waals surface area contributed by atoms with Crippen LogP contribution in [0.3, 0.4) is 0 Å². The lowest BCUT2D eigenvalue weighted by Crippen LogP contribution is -2.14. The van der Waals surface area contributed by atoms with Gasteiger partial charge in [-0.05, 0) is 126 Å². The number of fused-ring (bicyclic) bond motifs is 10. The van der Waals surface area contributed by atoms with Gasteiger partial charge in [0, 0.05) is 67.2 Å². The topological polar surface area (TPSA) is 35.6 Å². The minimum Gasteiger partial charge on any atom is -0.333 e. The van der Waals surface area contributed by atoms with Gasteiger partial charge < -0.3 is 9.13 Å². The minimum atomic E-state index is 0.209. The van der Waals surface area contributed by atoms with Crippen LogP contribution < -0.4 is 0 Å². The number of aromatic nitrogens is 4. The summed E-state index contributed by atoms with van der Waals surface area (Å²) in [5.74, 6) is 0. The van der Waals surface area contributed by atoms with Crippen molar-refractivity contribution in [2.24, 2.45) is 0 Å². The van der Waals surface area contributed by atoms with Gasteiger partial charge in [-0.1, -0.05) is 121 Å². The van der Waals surface area contributed by atoms with E-state index in [0.29, 0.717) is 0 Å². The predicted octanol–water partition coefficient (Wildman–Crippen LogP) is 14.8. The van der Waals surface area contributed by atoms with Gasteiger partial charge in [0.25, 0.3) is 0 Å². The van der Waals surface area contributed by atoms with Gasteiger partial charge >= 0.3 is 0 Å². The maximum Gasteiger partial charge on any atom is 0.0780 e. The summed E-state index contributed by atoms with van der Waals surface area (Å²) in [5, 5.41) is 8.63. The zero-order chi connectivity index (χ0) is 41.6. The van der Waals surface area contributed by atoms with Crippen LogP contribution in [-0.2, 0) is 19.3 Å². The Morgan fingerprint density at radius 2 is 1.27 bits per heavy atom. The number of nitrogens with zero attached hydrogens (tertiary/aromatic N) is 4. The fourth-order valence-corrected chi connectivity index (χ4v) is 11.2. The second-order valence-electron chi connectivity index (χ2n) is 17.6. The Kier molecular flexibility index (Phi) is 8.17. The van der Waals surface area contributed by atoms with Crippen molar-refractivity contribution in [2.45, 2.75) is 44.6 Å². The van der Waals surface area contributed by atoms with Crippen LogP contribution in [0.4, 0.5) is 0 Å². The summed E-state index contributed by atoms with van der Waals surface area (Å²) in [7, 11) is 0. The van der Waals surface area contributed by atoms with Crippen molar-refractivity contribution in [3.8, 4) is 28.2 Å². The van der Waals surface area contributed by atoms with Gasteiger partial charge in [-0.3, -0.25) is 9.97 Å². The zero-order valence-electron chi connectivity index (χ0n) is 35.1. The van der Waals surface area contributed by atoms with Crippen LogP contribution in [0.15, 0.2) is 182 Å². The molecular weight excluding hydrogens is 765 g/mol. The fourth-order valence-electron chi connectivity index (χ4n) is 11.2. The van der Waals surface area contributed by atoms with E-state index in [9.17, 15) is 0 Å². The van der Waals surface area contributed by atoms with E-state index in [-0.39, 0.29) is 6.04 Å². The van der Waals surface area contributed by atoms with E-state index in [0.717, 1.165) is 61.0 Å². The average molecular weight is 809 g/mol. The lowest BCUT2D eigenvalue weighted by molar-refractivity contribution is 0.621. The van der Waals surface area contributed by atoms with Gasteiger partial charge in [0.1, 0.15) is 0 Å². The monoisotopic (exact) mass is 808 g/mol. The van der Waals surface area contributed by atoms with Crippen molar-refractivity contribution < 1.29 is 0 Å². The first-order valence-electron chi connectivity index (χ1n) is 22.4. The molecule has 4 aromatic heterocycles. The van der Waals surface area contributed by atoms with E-state index in [4.69, 9.17) is 16.5 Å². The van der Waals surface area contributed by atoms with Crippen LogP contribution in [0.5, 0.6) is 0 Å². The Labute approximate surface area is 366 Å². The number of benzene rings is 6. The Bertz CT molecular complexity index is 3640. The third-order valence-corrected chi connectivity index (χ3v) is 14.1. The number of allylic oxidation sites excluding steroid dienone is 6. The number of hydrogen-bond acceptors (Lipinski definition) is 2. The molecule has 6 aromatic carbocycles. The van der Waals surface area contributed by atoms with Gasteiger partial charge in [0.15, 0.2) is 0 Å². The fraction of sp³-hybridized carbons (Fsp3) is 0.119. The van der Waals surface area contributed by atoms with E-state index in [2.05, 4.69) is 173 Å². The van der Waals surface area contributed by atoms with Gasteiger partial charge in [0.2, 0.25) is 0 Å². The first-order chi connectivity index (χ1) is 31.2. The maximum atomic E-state index is 4.97. The van der Waals surface area contributed by atoms with Crippen molar-refractivity contribution in [2.75, 3.05) is 0 Å². The highest BCUT2D eigenvalue weighted by Crippen LogP contribution is 2.46. The lowest BCUT2D eigenvalue weighted by atomic mass is 9.80. The summed E-state index contributed by atoms with van der Waals surface area (Å²) in [6.45, 7) is 4.95. The molecule has 3 aliphatic carbocycles. The molecule has 1 atom stereocenters. The molecule has 0 amide bonds. The molecule has 4 heteroatoms.